The molecule has 0 radical (unpaired) electrons. The lowest BCUT2D eigenvalue weighted by molar-refractivity contribution is -0.126. The Balaban J connectivity index is 1.45. The third kappa shape index (κ3) is 6.18. The number of nitrogens with one attached hydrogen (secondary N) is 4. The molecule has 36 heavy (non-hydrogen) atoms. The smallest absolute Gasteiger partial charge is 0.258 e. The minimum atomic E-state index is -3.78. The van der Waals surface area contributed by atoms with E-state index in [1.54, 1.807) is 6.07 Å². The van der Waals surface area contributed by atoms with Gasteiger partial charge in [-0.25, -0.2) is 8.42 Å². The normalized spacial score (nSPS) is 19.3. The molecule has 0 aromatic heterocycles. The van der Waals surface area contributed by atoms with E-state index in [0.29, 0.717) is 17.9 Å². The zero-order valence-electron chi connectivity index (χ0n) is 19.9. The van der Waals surface area contributed by atoms with E-state index in [-0.39, 0.29) is 10.9 Å². The fourth-order valence-corrected chi connectivity index (χ4v) is 4.93. The van der Waals surface area contributed by atoms with Gasteiger partial charge in [-0.3, -0.25) is 20.2 Å². The number of ketones is 1. The van der Waals surface area contributed by atoms with Crippen LogP contribution in [0.25, 0.3) is 10.8 Å². The molecule has 188 valence electrons. The lowest BCUT2D eigenvalue weighted by Gasteiger charge is -2.30. The molecule has 0 saturated carbocycles. The van der Waals surface area contributed by atoms with Gasteiger partial charge >= 0.3 is 0 Å². The number of amides is 1. The molecule has 0 bridgehead atoms. The molecule has 3 aromatic rings. The second-order valence-corrected chi connectivity index (χ2v) is 10.3. The number of fused-ring (bicyclic) bond motifs is 1. The van der Waals surface area contributed by atoms with E-state index in [1.165, 1.54) is 31.2 Å². The number of rotatable bonds is 8. The van der Waals surface area contributed by atoms with Gasteiger partial charge in [0.1, 0.15) is 6.29 Å². The van der Waals surface area contributed by atoms with Gasteiger partial charge in [0.2, 0.25) is 16.1 Å². The molecule has 11 heteroatoms. The molecule has 1 aliphatic rings. The van der Waals surface area contributed by atoms with Gasteiger partial charge in [0.15, 0.2) is 5.78 Å². The number of anilines is 1. The molecule has 0 aliphatic carbocycles. The first kappa shape index (κ1) is 25.6. The number of azo groups is 1. The summed E-state index contributed by atoms with van der Waals surface area (Å²) in [5.74, 6) is -1.07. The van der Waals surface area contributed by atoms with E-state index in [1.807, 2.05) is 43.3 Å². The van der Waals surface area contributed by atoms with Gasteiger partial charge in [-0.2, -0.15) is 15.0 Å². The van der Waals surface area contributed by atoms with E-state index in [2.05, 4.69) is 30.9 Å². The summed E-state index contributed by atoms with van der Waals surface area (Å²) in [5, 5.41) is 18.7. The average molecular weight is 509 g/mol. The third-order valence-corrected chi connectivity index (χ3v) is 7.21. The second kappa shape index (κ2) is 11.0. The lowest BCUT2D eigenvalue weighted by Crippen LogP contribution is -2.61. The van der Waals surface area contributed by atoms with Gasteiger partial charge in [-0.1, -0.05) is 36.4 Å². The summed E-state index contributed by atoms with van der Waals surface area (Å²) >= 11 is 0. The molecule has 3 unspecified atom stereocenters. The minimum Gasteiger partial charge on any atom is -0.323 e. The van der Waals surface area contributed by atoms with Gasteiger partial charge in [0.25, 0.3) is 5.91 Å². The first-order valence-electron chi connectivity index (χ1n) is 11.5. The van der Waals surface area contributed by atoms with Crippen LogP contribution in [-0.4, -0.2) is 45.0 Å². The van der Waals surface area contributed by atoms with Crippen LogP contribution in [0.5, 0.6) is 0 Å². The third-order valence-electron chi connectivity index (χ3n) is 5.77. The summed E-state index contributed by atoms with van der Waals surface area (Å²) in [5.41, 5.74) is 0.874. The Morgan fingerprint density at radius 3 is 2.47 bits per heavy atom. The Kier molecular flexibility index (Phi) is 7.85. The second-order valence-electron chi connectivity index (χ2n) is 8.60. The Morgan fingerprint density at radius 1 is 1.03 bits per heavy atom. The number of nitrogens with zero attached hydrogens (tertiary/aromatic N) is 2. The van der Waals surface area contributed by atoms with Crippen LogP contribution in [0.2, 0.25) is 0 Å². The number of Topliss-reactive ketones (excluding diaryl/α,β-unsaturated/α-hetero) is 1. The van der Waals surface area contributed by atoms with Crippen LogP contribution in [0.1, 0.15) is 20.3 Å². The maximum absolute atomic E-state index is 12.8. The first-order chi connectivity index (χ1) is 17.2. The van der Waals surface area contributed by atoms with Crippen LogP contribution >= 0.6 is 0 Å². The van der Waals surface area contributed by atoms with E-state index in [9.17, 15) is 18.0 Å². The standard InChI is InChI=1S/C25H28N6O4S/c1-16-14-15-26-25(27-16)31-36(34,35)20-12-10-19(11-13-20)29-30-23(17(2)32)24(33)28-22-9-5-7-18-6-3-4-8-21(18)22/h3-13,16,23,25-27,31H,14-15H2,1-2H3,(H,28,33). The highest BCUT2D eigenvalue weighted by atomic mass is 32.2. The summed E-state index contributed by atoms with van der Waals surface area (Å²) in [6.45, 7) is 3.95. The molecule has 1 aliphatic heterocycles. The van der Waals surface area contributed by atoms with E-state index in [0.717, 1.165) is 17.2 Å². The molecular weight excluding hydrogens is 480 g/mol. The Morgan fingerprint density at radius 2 is 1.75 bits per heavy atom. The SMILES string of the molecule is CC(=O)C(N=Nc1ccc(S(=O)(=O)NC2NCCC(C)N2)cc1)C(=O)Nc1cccc2ccccc12. The quantitative estimate of drug-likeness (QED) is 0.272. The molecule has 4 N–H and O–H groups in total. The molecule has 10 nitrogen and oxygen atoms in total. The predicted molar refractivity (Wildman–Crippen MR) is 137 cm³/mol. The fourth-order valence-electron chi connectivity index (χ4n) is 3.84. The van der Waals surface area contributed by atoms with Gasteiger partial charge in [-0.05, 0) is 62.5 Å². The van der Waals surface area contributed by atoms with Crippen molar-refractivity contribution in [1.29, 1.82) is 0 Å². The highest BCUT2D eigenvalue weighted by molar-refractivity contribution is 7.89. The molecule has 1 amide bonds. The average Bonchev–Trinajstić information content (AvgIpc) is 2.84. The van der Waals surface area contributed by atoms with Crippen molar-refractivity contribution >= 4 is 43.9 Å². The Hall–Kier alpha value is -3.51. The Labute approximate surface area is 209 Å². The van der Waals surface area contributed by atoms with Crippen LogP contribution in [0.15, 0.2) is 81.9 Å². The van der Waals surface area contributed by atoms with Crippen LogP contribution in [0.3, 0.4) is 0 Å². The van der Waals surface area contributed by atoms with E-state index < -0.39 is 34.0 Å². The topological polar surface area (TPSA) is 141 Å². The zero-order chi connectivity index (χ0) is 25.7. The molecule has 3 atom stereocenters. The summed E-state index contributed by atoms with van der Waals surface area (Å²) in [4.78, 5) is 25.0. The molecule has 4 rings (SSSR count). The minimum absolute atomic E-state index is 0.0556. The van der Waals surface area contributed by atoms with Crippen molar-refractivity contribution in [2.45, 2.75) is 43.5 Å². The summed E-state index contributed by atoms with van der Waals surface area (Å²) in [6.07, 6.45) is 0.341. The van der Waals surface area contributed by atoms with Gasteiger partial charge < -0.3 is 5.32 Å². The maximum Gasteiger partial charge on any atom is 0.258 e. The number of carbonyl (C=O) groups excluding carboxylic acids is 2. The lowest BCUT2D eigenvalue weighted by atomic mass is 10.1. The largest absolute Gasteiger partial charge is 0.323 e. The highest BCUT2D eigenvalue weighted by Crippen LogP contribution is 2.24. The Bertz CT molecular complexity index is 1390. The number of hydrogen-bond donors (Lipinski definition) is 4. The molecule has 3 aromatic carbocycles. The number of sulfonamides is 1. The van der Waals surface area contributed by atoms with E-state index >= 15 is 0 Å². The van der Waals surface area contributed by atoms with Crippen molar-refractivity contribution in [2.24, 2.45) is 10.2 Å². The monoisotopic (exact) mass is 508 g/mol. The van der Waals surface area contributed by atoms with Crippen molar-refractivity contribution in [3.8, 4) is 0 Å². The van der Waals surface area contributed by atoms with Crippen LogP contribution in [0.4, 0.5) is 11.4 Å². The van der Waals surface area contributed by atoms with Crippen molar-refractivity contribution in [1.82, 2.24) is 15.4 Å². The molecular formula is C25H28N6O4S. The molecule has 1 heterocycles. The van der Waals surface area contributed by atoms with E-state index in [4.69, 9.17) is 0 Å². The first-order valence-corrected chi connectivity index (χ1v) is 13.0. The molecule has 0 spiro atoms. The number of hydrogen-bond acceptors (Lipinski definition) is 8. The van der Waals surface area contributed by atoms with Crippen molar-refractivity contribution in [3.63, 3.8) is 0 Å². The summed E-state index contributed by atoms with van der Waals surface area (Å²) in [7, 11) is -3.78. The van der Waals surface area contributed by atoms with Crippen molar-refractivity contribution in [2.75, 3.05) is 11.9 Å². The van der Waals surface area contributed by atoms with Crippen molar-refractivity contribution in [3.05, 3.63) is 66.7 Å². The number of benzene rings is 3. The molecule has 1 fully saturated rings. The van der Waals surface area contributed by atoms with Crippen LogP contribution < -0.4 is 20.7 Å². The molecule has 1 saturated heterocycles. The summed E-state index contributed by atoms with van der Waals surface area (Å²) < 4.78 is 27.9. The predicted octanol–water partition coefficient (Wildman–Crippen LogP) is 3.05. The van der Waals surface area contributed by atoms with Crippen LogP contribution in [0, 0.1) is 0 Å². The van der Waals surface area contributed by atoms with Crippen molar-refractivity contribution < 1.29 is 18.0 Å². The fraction of sp³-hybridized carbons (Fsp3) is 0.280. The zero-order valence-corrected chi connectivity index (χ0v) is 20.7. The van der Waals surface area contributed by atoms with Crippen LogP contribution in [-0.2, 0) is 19.6 Å². The van der Waals surface area contributed by atoms with Gasteiger partial charge in [0, 0.05) is 17.1 Å². The number of carbonyl (C=O) groups is 2. The van der Waals surface area contributed by atoms with Gasteiger partial charge in [-0.15, -0.1) is 0 Å². The maximum atomic E-state index is 12.8. The highest BCUT2D eigenvalue weighted by Gasteiger charge is 2.25. The summed E-state index contributed by atoms with van der Waals surface area (Å²) in [6, 6.07) is 17.6. The van der Waals surface area contributed by atoms with Gasteiger partial charge in [0.05, 0.1) is 10.6 Å².